The minimum atomic E-state index is -0.207. The van der Waals surface area contributed by atoms with E-state index in [1.807, 2.05) is 0 Å². The first kappa shape index (κ1) is 20.4. The van der Waals surface area contributed by atoms with Gasteiger partial charge in [-0.25, -0.2) is 0 Å². The number of Topliss-reactive ketones (excluding diaryl/α,β-unsaturated/α-hetero) is 1. The van der Waals surface area contributed by atoms with E-state index in [1.165, 1.54) is 32.8 Å². The summed E-state index contributed by atoms with van der Waals surface area (Å²) in [6, 6.07) is 0. The molecule has 4 nitrogen and oxygen atoms in total. The van der Waals surface area contributed by atoms with Crippen molar-refractivity contribution in [3.8, 4) is 0 Å². The van der Waals surface area contributed by atoms with Crippen LogP contribution in [0.1, 0.15) is 84.5 Å². The average molecular weight is 391 g/mol. The molecule has 0 bridgehead atoms. The van der Waals surface area contributed by atoms with Crippen molar-refractivity contribution in [3.63, 3.8) is 0 Å². The summed E-state index contributed by atoms with van der Waals surface area (Å²) in [6.45, 7) is 4.87. The molecule has 0 saturated heterocycles. The second-order valence-electron chi connectivity index (χ2n) is 10.8. The van der Waals surface area contributed by atoms with Gasteiger partial charge in [-0.3, -0.25) is 9.59 Å². The van der Waals surface area contributed by atoms with Gasteiger partial charge < -0.3 is 9.84 Å². The highest BCUT2D eigenvalue weighted by atomic mass is 16.5. The van der Waals surface area contributed by atoms with Crippen LogP contribution in [0.4, 0.5) is 0 Å². The number of carbonyl (C=O) groups excluding carboxylic acids is 2. The van der Waals surface area contributed by atoms with Crippen LogP contribution in [0, 0.1) is 40.4 Å². The van der Waals surface area contributed by atoms with E-state index in [0.29, 0.717) is 42.3 Å². The molecule has 0 aromatic carbocycles. The number of fused-ring (bicyclic) bond motifs is 5. The van der Waals surface area contributed by atoms with Gasteiger partial charge in [0, 0.05) is 18.8 Å². The molecule has 4 unspecified atom stereocenters. The van der Waals surface area contributed by atoms with Gasteiger partial charge in [0.25, 0.3) is 0 Å². The summed E-state index contributed by atoms with van der Waals surface area (Å²) in [4.78, 5) is 24.8. The molecular weight excluding hydrogens is 352 g/mol. The molecule has 4 rings (SSSR count). The van der Waals surface area contributed by atoms with Crippen molar-refractivity contribution < 1.29 is 19.4 Å². The summed E-state index contributed by atoms with van der Waals surface area (Å²) in [5.74, 6) is 2.67. The number of hydrogen-bond donors (Lipinski definition) is 1. The molecule has 0 aromatic heterocycles. The Labute approximate surface area is 169 Å². The van der Waals surface area contributed by atoms with E-state index < -0.39 is 0 Å². The molecule has 28 heavy (non-hydrogen) atoms. The Morgan fingerprint density at radius 1 is 1.11 bits per heavy atom. The summed E-state index contributed by atoms with van der Waals surface area (Å²) >= 11 is 0. The van der Waals surface area contributed by atoms with E-state index >= 15 is 0 Å². The molecule has 1 N–H and O–H groups in total. The second kappa shape index (κ2) is 7.41. The fourth-order valence-electron chi connectivity index (χ4n) is 8.09. The van der Waals surface area contributed by atoms with Gasteiger partial charge in [0.1, 0.15) is 5.78 Å². The van der Waals surface area contributed by atoms with Crippen molar-refractivity contribution in [1.82, 2.24) is 0 Å². The lowest BCUT2D eigenvalue weighted by atomic mass is 9.44. The molecule has 4 aliphatic rings. The highest BCUT2D eigenvalue weighted by Crippen LogP contribution is 2.67. The maximum atomic E-state index is 13.3. The van der Waals surface area contributed by atoms with Crippen LogP contribution in [0.3, 0.4) is 0 Å². The number of aliphatic hydroxyl groups excluding tert-OH is 1. The van der Waals surface area contributed by atoms with Gasteiger partial charge in [-0.05, 0) is 92.3 Å². The third-order valence-electron chi connectivity index (χ3n) is 9.80. The summed E-state index contributed by atoms with van der Waals surface area (Å²) in [5.41, 5.74) is 0.492. The number of hydrogen-bond acceptors (Lipinski definition) is 4. The number of esters is 1. The molecule has 4 fully saturated rings. The monoisotopic (exact) mass is 390 g/mol. The Hall–Kier alpha value is -0.900. The Bertz CT molecular complexity index is 630. The molecule has 0 heterocycles. The number of ketones is 1. The van der Waals surface area contributed by atoms with Gasteiger partial charge in [-0.1, -0.05) is 13.8 Å². The molecule has 0 aromatic rings. The topological polar surface area (TPSA) is 63.6 Å². The van der Waals surface area contributed by atoms with E-state index in [9.17, 15) is 14.7 Å². The van der Waals surface area contributed by atoms with E-state index in [0.717, 1.165) is 32.1 Å². The van der Waals surface area contributed by atoms with E-state index in [-0.39, 0.29) is 28.8 Å². The van der Waals surface area contributed by atoms with Crippen LogP contribution in [0.15, 0.2) is 0 Å². The smallest absolute Gasteiger partial charge is 0.305 e. The molecule has 4 aliphatic carbocycles. The first-order chi connectivity index (χ1) is 13.3. The number of ether oxygens (including phenoxy) is 1. The van der Waals surface area contributed by atoms with Gasteiger partial charge in [0.2, 0.25) is 0 Å². The molecule has 8 atom stereocenters. The summed E-state index contributed by atoms with van der Waals surface area (Å²) < 4.78 is 4.80. The zero-order valence-electron chi connectivity index (χ0n) is 17.9. The standard InChI is InChI=1S/C24H38O4/c1-23-12-10-19-22(18(23)8-7-15(23)5-4-6-21(27)28-3)20(26)14-16-13-17(25)9-11-24(16,19)2/h15-19,22,25H,4-14H2,1-3H3/t15-,16?,17+,18?,19?,22?,23+,24-/m0/s1. The van der Waals surface area contributed by atoms with Crippen molar-refractivity contribution in [2.75, 3.05) is 7.11 Å². The van der Waals surface area contributed by atoms with Gasteiger partial charge in [0.05, 0.1) is 13.2 Å². The van der Waals surface area contributed by atoms with Crippen LogP contribution in [0.25, 0.3) is 0 Å². The highest BCUT2D eigenvalue weighted by molar-refractivity contribution is 5.83. The van der Waals surface area contributed by atoms with Crippen molar-refractivity contribution in [2.45, 2.75) is 90.6 Å². The molecule has 0 radical (unpaired) electrons. The summed E-state index contributed by atoms with van der Waals surface area (Å²) in [5, 5.41) is 10.2. The minimum absolute atomic E-state index is 0.107. The quantitative estimate of drug-likeness (QED) is 0.717. The van der Waals surface area contributed by atoms with E-state index in [1.54, 1.807) is 0 Å². The Morgan fingerprint density at radius 3 is 2.57 bits per heavy atom. The summed E-state index contributed by atoms with van der Waals surface area (Å²) in [7, 11) is 1.46. The number of methoxy groups -OCH3 is 1. The molecule has 0 amide bonds. The van der Waals surface area contributed by atoms with Gasteiger partial charge in [-0.15, -0.1) is 0 Å². The molecule has 4 heteroatoms. The number of aliphatic hydroxyl groups is 1. The zero-order chi connectivity index (χ0) is 20.1. The van der Waals surface area contributed by atoms with Gasteiger partial charge in [-0.2, -0.15) is 0 Å². The van der Waals surface area contributed by atoms with E-state index in [4.69, 9.17) is 4.74 Å². The highest BCUT2D eigenvalue weighted by Gasteiger charge is 2.62. The number of rotatable bonds is 4. The Morgan fingerprint density at radius 2 is 1.82 bits per heavy atom. The maximum absolute atomic E-state index is 13.3. The lowest BCUT2D eigenvalue weighted by Gasteiger charge is -2.60. The fourth-order valence-corrected chi connectivity index (χ4v) is 8.09. The molecular formula is C24H38O4. The summed E-state index contributed by atoms with van der Waals surface area (Å²) in [6.07, 6.45) is 10.6. The lowest BCUT2D eigenvalue weighted by molar-refractivity contribution is -0.160. The van der Waals surface area contributed by atoms with Gasteiger partial charge >= 0.3 is 5.97 Å². The van der Waals surface area contributed by atoms with Crippen LogP contribution in [-0.2, 0) is 14.3 Å². The predicted molar refractivity (Wildman–Crippen MR) is 107 cm³/mol. The van der Waals surface area contributed by atoms with Crippen LogP contribution < -0.4 is 0 Å². The van der Waals surface area contributed by atoms with Crippen molar-refractivity contribution in [2.24, 2.45) is 40.4 Å². The molecule has 158 valence electrons. The average Bonchev–Trinajstić information content (AvgIpc) is 2.99. The first-order valence-corrected chi connectivity index (χ1v) is 11.6. The molecule has 0 aliphatic heterocycles. The first-order valence-electron chi connectivity index (χ1n) is 11.6. The van der Waals surface area contributed by atoms with Gasteiger partial charge in [0.15, 0.2) is 0 Å². The van der Waals surface area contributed by atoms with Crippen LogP contribution in [0.5, 0.6) is 0 Å². The third-order valence-corrected chi connectivity index (χ3v) is 9.80. The van der Waals surface area contributed by atoms with Crippen LogP contribution in [-0.4, -0.2) is 30.1 Å². The van der Waals surface area contributed by atoms with Crippen molar-refractivity contribution in [1.29, 1.82) is 0 Å². The molecule has 0 spiro atoms. The van der Waals surface area contributed by atoms with E-state index in [2.05, 4.69) is 13.8 Å². The van der Waals surface area contributed by atoms with Crippen LogP contribution in [0.2, 0.25) is 0 Å². The molecule has 4 saturated carbocycles. The Balaban J connectivity index is 1.50. The Kier molecular flexibility index (Phi) is 5.39. The maximum Gasteiger partial charge on any atom is 0.305 e. The SMILES string of the molecule is COC(=O)CCC[C@H]1CCC2C3C(=O)CC4C[C@H](O)CC[C@]4(C)C3CC[C@@]21C. The predicted octanol–water partition coefficient (Wildman–Crippen LogP) is 4.53. The number of carbonyl (C=O) groups is 2. The van der Waals surface area contributed by atoms with Crippen molar-refractivity contribution >= 4 is 11.8 Å². The van der Waals surface area contributed by atoms with Crippen molar-refractivity contribution in [3.05, 3.63) is 0 Å². The van der Waals surface area contributed by atoms with Crippen LogP contribution >= 0.6 is 0 Å². The largest absolute Gasteiger partial charge is 0.469 e. The third kappa shape index (κ3) is 3.14. The second-order valence-corrected chi connectivity index (χ2v) is 10.8. The lowest BCUT2D eigenvalue weighted by Crippen LogP contribution is -2.57. The fraction of sp³-hybridized carbons (Fsp3) is 0.917. The minimum Gasteiger partial charge on any atom is -0.469 e. The normalized spacial score (nSPS) is 47.8. The zero-order valence-corrected chi connectivity index (χ0v) is 17.9.